The van der Waals surface area contributed by atoms with Crippen molar-refractivity contribution in [1.29, 1.82) is 0 Å². The van der Waals surface area contributed by atoms with Gasteiger partial charge in [-0.3, -0.25) is 9.59 Å². The second-order valence-electron chi connectivity index (χ2n) is 14.8. The number of aliphatic hydroxyl groups excluding tert-OH is 1. The molecule has 0 radical (unpaired) electrons. The number of phenols is 1. The first-order valence-corrected chi connectivity index (χ1v) is 19.0. The molecule has 3 atom stereocenters. The van der Waals surface area contributed by atoms with Crippen LogP contribution in [0, 0.1) is 0 Å². The number of rotatable bonds is 10. The molecule has 61 heavy (non-hydrogen) atoms. The zero-order chi connectivity index (χ0) is 45.4. The lowest BCUT2D eigenvalue weighted by Gasteiger charge is -2.17. The monoisotopic (exact) mass is 858 g/mol. The van der Waals surface area contributed by atoms with Crippen molar-refractivity contribution in [2.24, 2.45) is 0 Å². The Morgan fingerprint density at radius 3 is 1.16 bits per heavy atom. The highest BCUT2D eigenvalue weighted by Crippen LogP contribution is 2.24. The minimum atomic E-state index is -1.01. The van der Waals surface area contributed by atoms with Crippen LogP contribution < -0.4 is 9.47 Å². The predicted octanol–water partition coefficient (Wildman–Crippen LogP) is 5.06. The van der Waals surface area contributed by atoms with Gasteiger partial charge < -0.3 is 62.7 Å². The van der Waals surface area contributed by atoms with Crippen molar-refractivity contribution in [3.05, 3.63) is 89.5 Å². The molecule has 0 bridgehead atoms. The summed E-state index contributed by atoms with van der Waals surface area (Å²) in [6.45, 7) is 15.2. The van der Waals surface area contributed by atoms with Crippen molar-refractivity contribution in [3.8, 4) is 17.2 Å². The lowest BCUT2D eigenvalue weighted by Crippen LogP contribution is -2.25. The van der Waals surface area contributed by atoms with Crippen LogP contribution in [0.25, 0.3) is 0 Å². The zero-order valence-electron chi connectivity index (χ0n) is 35.4. The second-order valence-corrected chi connectivity index (χ2v) is 14.8. The van der Waals surface area contributed by atoms with Gasteiger partial charge in [0.2, 0.25) is 0 Å². The number of benzene rings is 3. The fourth-order valence-corrected chi connectivity index (χ4v) is 5.30. The number of hydrogen-bond donors (Lipinski definition) is 3. The third kappa shape index (κ3) is 18.8. The summed E-state index contributed by atoms with van der Waals surface area (Å²) in [7, 11) is 0. The summed E-state index contributed by atoms with van der Waals surface area (Å²) in [5.41, 5.74) is 0.936. The van der Waals surface area contributed by atoms with E-state index in [1.807, 2.05) is 41.5 Å². The molecule has 0 saturated carbocycles. The fourth-order valence-electron chi connectivity index (χ4n) is 5.30. The van der Waals surface area contributed by atoms with E-state index in [0.29, 0.717) is 42.4 Å². The molecule has 3 aliphatic heterocycles. The summed E-state index contributed by atoms with van der Waals surface area (Å²) in [5.74, 6) is -3.65. The van der Waals surface area contributed by atoms with Crippen molar-refractivity contribution in [2.45, 2.75) is 91.1 Å². The van der Waals surface area contributed by atoms with Crippen molar-refractivity contribution >= 4 is 29.8 Å². The summed E-state index contributed by atoms with van der Waals surface area (Å²) < 4.78 is 52.1. The number of carbonyl (C=O) groups excluding carboxylic acids is 4. The van der Waals surface area contributed by atoms with Crippen LogP contribution in [0.2, 0.25) is 0 Å². The molecule has 18 nitrogen and oxygen atoms in total. The maximum atomic E-state index is 11.9. The van der Waals surface area contributed by atoms with Gasteiger partial charge in [0.25, 0.3) is 0 Å². The number of aromatic carboxylic acids is 1. The largest absolute Gasteiger partial charge is 0.508 e. The lowest BCUT2D eigenvalue weighted by molar-refractivity contribution is -0.143. The third-order valence-corrected chi connectivity index (χ3v) is 8.02. The second kappa shape index (κ2) is 22.9. The maximum absolute atomic E-state index is 11.9. The highest BCUT2D eigenvalue weighted by atomic mass is 16.8. The summed E-state index contributed by atoms with van der Waals surface area (Å²) >= 11 is 0. The van der Waals surface area contributed by atoms with Gasteiger partial charge in [-0.25, -0.2) is 14.4 Å². The standard InChI is InChI=1S/C15H18O6.C13H16O5.C9H8O4.C6H12O3/c1-10(16)20-12-6-4-11(5-7-12)14(17)18-8-13-9-19-15(2,3)21-13;1-13(2)17-8-11(18-13)7-16-12(15)9-3-5-10(14)6-4-9;1-6(10)13-8-4-2-7(3-5-8)9(11)12;1-6(2)8-4-5(3-7)9-6/h4-7,13H,8-9H2,1-3H3;3-6,11,14H,7-8H2,1-2H3;2-5H,1H3,(H,11,12);5,7H,3-4H2,1-2H3. The van der Waals surface area contributed by atoms with E-state index in [0.717, 1.165) is 0 Å². The number of carboxylic acid groups (broad SMARTS) is 1. The quantitative estimate of drug-likeness (QED) is 0.178. The van der Waals surface area contributed by atoms with Gasteiger partial charge in [0.1, 0.15) is 48.8 Å². The van der Waals surface area contributed by atoms with Crippen LogP contribution in [0.15, 0.2) is 72.8 Å². The fraction of sp³-hybridized carbons (Fsp3) is 0.465. The van der Waals surface area contributed by atoms with E-state index in [1.54, 1.807) is 0 Å². The third-order valence-electron chi connectivity index (χ3n) is 8.02. The van der Waals surface area contributed by atoms with Crippen LogP contribution in [-0.4, -0.2) is 120 Å². The number of ether oxygens (including phenoxy) is 10. The molecule has 0 amide bonds. The number of aromatic hydroxyl groups is 1. The van der Waals surface area contributed by atoms with E-state index >= 15 is 0 Å². The van der Waals surface area contributed by atoms with E-state index in [4.69, 9.17) is 62.7 Å². The molecule has 0 aliphatic carbocycles. The summed E-state index contributed by atoms with van der Waals surface area (Å²) in [6.07, 6.45) is -0.620. The van der Waals surface area contributed by atoms with Crippen LogP contribution in [-0.2, 0) is 47.5 Å². The molecule has 3 unspecified atom stereocenters. The topological polar surface area (TPSA) is 238 Å². The predicted molar refractivity (Wildman–Crippen MR) is 213 cm³/mol. The number of esters is 4. The molecule has 3 aromatic carbocycles. The molecule has 3 aromatic rings. The highest BCUT2D eigenvalue weighted by molar-refractivity contribution is 5.90. The van der Waals surface area contributed by atoms with Gasteiger partial charge in [0.05, 0.1) is 43.1 Å². The van der Waals surface area contributed by atoms with Gasteiger partial charge in [0.15, 0.2) is 17.4 Å². The highest BCUT2D eigenvalue weighted by Gasteiger charge is 2.35. The molecule has 3 aliphatic rings. The summed E-state index contributed by atoms with van der Waals surface area (Å²) in [4.78, 5) is 55.3. The molecule has 6 rings (SSSR count). The van der Waals surface area contributed by atoms with Gasteiger partial charge >= 0.3 is 29.8 Å². The van der Waals surface area contributed by atoms with Crippen LogP contribution >= 0.6 is 0 Å². The number of carboxylic acids is 1. The van der Waals surface area contributed by atoms with Crippen molar-refractivity contribution in [1.82, 2.24) is 0 Å². The molecule has 0 aromatic heterocycles. The first-order valence-electron chi connectivity index (χ1n) is 19.0. The molecule has 0 spiro atoms. The Hall–Kier alpha value is -5.47. The van der Waals surface area contributed by atoms with Crippen molar-refractivity contribution in [3.63, 3.8) is 0 Å². The van der Waals surface area contributed by atoms with Crippen molar-refractivity contribution in [2.75, 3.05) is 39.6 Å². The van der Waals surface area contributed by atoms with Crippen LogP contribution in [0.1, 0.15) is 86.5 Å². The van der Waals surface area contributed by atoms with Gasteiger partial charge in [-0.15, -0.1) is 0 Å². The molecule has 3 N–H and O–H groups in total. The van der Waals surface area contributed by atoms with E-state index < -0.39 is 47.2 Å². The first-order chi connectivity index (χ1) is 28.5. The first kappa shape index (κ1) is 49.9. The minimum absolute atomic E-state index is 0.0451. The van der Waals surface area contributed by atoms with E-state index in [2.05, 4.69) is 0 Å². The Balaban J connectivity index is 0.000000226. The molecule has 334 valence electrons. The average molecular weight is 859 g/mol. The van der Waals surface area contributed by atoms with Gasteiger partial charge in [-0.05, 0) is 114 Å². The van der Waals surface area contributed by atoms with Gasteiger partial charge in [0, 0.05) is 13.8 Å². The van der Waals surface area contributed by atoms with Gasteiger partial charge in [-0.1, -0.05) is 0 Å². The summed E-state index contributed by atoms with van der Waals surface area (Å²) in [5, 5.41) is 26.3. The zero-order valence-corrected chi connectivity index (χ0v) is 35.4. The van der Waals surface area contributed by atoms with Gasteiger partial charge in [-0.2, -0.15) is 0 Å². The van der Waals surface area contributed by atoms with E-state index in [-0.39, 0.29) is 49.4 Å². The Morgan fingerprint density at radius 2 is 0.885 bits per heavy atom. The normalized spacial score (nSPS) is 20.2. The van der Waals surface area contributed by atoms with E-state index in [1.165, 1.54) is 86.6 Å². The number of aliphatic hydroxyl groups is 1. The average Bonchev–Trinajstić information content (AvgIpc) is 3.86. The van der Waals surface area contributed by atoms with E-state index in [9.17, 15) is 24.0 Å². The maximum Gasteiger partial charge on any atom is 0.338 e. The Labute approximate surface area is 353 Å². The summed E-state index contributed by atoms with van der Waals surface area (Å²) in [6, 6.07) is 17.7. The molecule has 3 heterocycles. The molecule has 3 fully saturated rings. The van der Waals surface area contributed by atoms with Crippen LogP contribution in [0.4, 0.5) is 0 Å². The Morgan fingerprint density at radius 1 is 0.557 bits per heavy atom. The molecular formula is C43H54O18. The van der Waals surface area contributed by atoms with Crippen LogP contribution in [0.5, 0.6) is 17.2 Å². The smallest absolute Gasteiger partial charge is 0.338 e. The Kier molecular flexibility index (Phi) is 18.8. The van der Waals surface area contributed by atoms with Crippen LogP contribution in [0.3, 0.4) is 0 Å². The minimum Gasteiger partial charge on any atom is -0.508 e. The molecule has 18 heteroatoms. The SMILES string of the molecule is CC(=O)Oc1ccc(C(=O)O)cc1.CC(=O)Oc1ccc(C(=O)OCC2COC(C)(C)O2)cc1.CC1(C)OCC(CO)O1.CC1(C)OCC(COC(=O)c2ccc(O)cc2)O1. The lowest BCUT2D eigenvalue weighted by atomic mass is 10.2. The Bertz CT molecular complexity index is 1890. The van der Waals surface area contributed by atoms with Crippen molar-refractivity contribution < 1.29 is 86.7 Å². The number of phenolic OH excluding ortho intramolecular Hbond substituents is 1. The molecule has 3 saturated heterocycles. The molecular weight excluding hydrogens is 804 g/mol. The number of hydrogen-bond acceptors (Lipinski definition) is 17. The number of carbonyl (C=O) groups is 5.